The average molecular weight is 273 g/mol. The molecule has 0 bridgehead atoms. The van der Waals surface area contributed by atoms with Crippen molar-refractivity contribution in [2.75, 3.05) is 6.54 Å². The summed E-state index contributed by atoms with van der Waals surface area (Å²) in [6.07, 6.45) is 0.738. The lowest BCUT2D eigenvalue weighted by molar-refractivity contribution is 0.584. The van der Waals surface area contributed by atoms with Crippen LogP contribution in [0.4, 0.5) is 0 Å². The number of thiophene rings is 2. The van der Waals surface area contributed by atoms with Crippen molar-refractivity contribution >= 4 is 32.7 Å². The van der Waals surface area contributed by atoms with Gasteiger partial charge in [-0.2, -0.15) is 0 Å². The summed E-state index contributed by atoms with van der Waals surface area (Å²) in [5.74, 6) is 0. The van der Waals surface area contributed by atoms with Gasteiger partial charge in [0.15, 0.2) is 0 Å². The lowest BCUT2D eigenvalue weighted by Gasteiger charge is -2.03. The Balaban J connectivity index is 1.91. The van der Waals surface area contributed by atoms with Gasteiger partial charge in [-0.25, -0.2) is 13.1 Å². The van der Waals surface area contributed by atoms with Crippen molar-refractivity contribution in [2.24, 2.45) is 0 Å². The number of rotatable bonds is 5. The van der Waals surface area contributed by atoms with E-state index in [1.54, 1.807) is 28.8 Å². The highest BCUT2D eigenvalue weighted by Gasteiger charge is 2.13. The van der Waals surface area contributed by atoms with Gasteiger partial charge in [-0.15, -0.1) is 22.7 Å². The zero-order valence-corrected chi connectivity index (χ0v) is 10.9. The molecule has 0 aliphatic rings. The second-order valence-electron chi connectivity index (χ2n) is 3.16. The summed E-state index contributed by atoms with van der Waals surface area (Å²) in [6, 6.07) is 7.31. The minimum Gasteiger partial charge on any atom is -0.210 e. The van der Waals surface area contributed by atoms with Crippen molar-refractivity contribution in [3.05, 3.63) is 39.9 Å². The van der Waals surface area contributed by atoms with Crippen molar-refractivity contribution in [1.29, 1.82) is 0 Å². The van der Waals surface area contributed by atoms with Crippen molar-refractivity contribution in [2.45, 2.75) is 10.6 Å². The van der Waals surface area contributed by atoms with Gasteiger partial charge in [0.1, 0.15) is 4.21 Å². The molecule has 0 aromatic carbocycles. The smallest absolute Gasteiger partial charge is 0.210 e. The Morgan fingerprint density at radius 3 is 2.50 bits per heavy atom. The molecule has 6 heteroatoms. The number of hydrogen-bond acceptors (Lipinski definition) is 4. The van der Waals surface area contributed by atoms with Gasteiger partial charge >= 0.3 is 0 Å². The van der Waals surface area contributed by atoms with E-state index in [2.05, 4.69) is 4.72 Å². The molecule has 0 saturated heterocycles. The van der Waals surface area contributed by atoms with E-state index < -0.39 is 10.0 Å². The predicted molar refractivity (Wildman–Crippen MR) is 67.5 cm³/mol. The quantitative estimate of drug-likeness (QED) is 0.909. The van der Waals surface area contributed by atoms with Crippen LogP contribution in [0.1, 0.15) is 4.88 Å². The van der Waals surface area contributed by atoms with Crippen LogP contribution in [0.15, 0.2) is 39.2 Å². The third kappa shape index (κ3) is 2.91. The largest absolute Gasteiger partial charge is 0.250 e. The van der Waals surface area contributed by atoms with Gasteiger partial charge in [-0.1, -0.05) is 12.1 Å². The van der Waals surface area contributed by atoms with Gasteiger partial charge in [0.2, 0.25) is 10.0 Å². The molecule has 0 aliphatic carbocycles. The van der Waals surface area contributed by atoms with E-state index in [1.807, 2.05) is 17.5 Å². The molecule has 2 rings (SSSR count). The molecule has 0 radical (unpaired) electrons. The minimum absolute atomic E-state index is 0.374. The zero-order chi connectivity index (χ0) is 11.4. The summed E-state index contributed by atoms with van der Waals surface area (Å²) in [6.45, 7) is 0.445. The Kier molecular flexibility index (Phi) is 3.75. The first-order valence-corrected chi connectivity index (χ1v) is 7.98. The molecule has 86 valence electrons. The molecule has 0 aliphatic heterocycles. The Labute approximate surface area is 103 Å². The average Bonchev–Trinajstić information content (AvgIpc) is 2.90. The maximum atomic E-state index is 11.7. The van der Waals surface area contributed by atoms with Crippen LogP contribution in [0.5, 0.6) is 0 Å². The maximum absolute atomic E-state index is 11.7. The van der Waals surface area contributed by atoms with Crippen LogP contribution >= 0.6 is 22.7 Å². The summed E-state index contributed by atoms with van der Waals surface area (Å²) in [5.41, 5.74) is 0. The van der Waals surface area contributed by atoms with Gasteiger partial charge in [0, 0.05) is 11.4 Å². The molecular formula is C10H11NO2S3. The van der Waals surface area contributed by atoms with E-state index >= 15 is 0 Å². The molecule has 0 spiro atoms. The Hall–Kier alpha value is -0.690. The lowest BCUT2D eigenvalue weighted by atomic mass is 10.3. The molecule has 0 fully saturated rings. The van der Waals surface area contributed by atoms with Crippen LogP contribution in [-0.2, 0) is 16.4 Å². The summed E-state index contributed by atoms with van der Waals surface area (Å²) < 4.78 is 26.4. The van der Waals surface area contributed by atoms with Gasteiger partial charge < -0.3 is 0 Å². The summed E-state index contributed by atoms with van der Waals surface area (Å²) in [5, 5.41) is 3.75. The fraction of sp³-hybridized carbons (Fsp3) is 0.200. The highest BCUT2D eigenvalue weighted by Crippen LogP contribution is 2.15. The Bertz CT molecular complexity index is 514. The molecule has 3 nitrogen and oxygen atoms in total. The number of sulfonamides is 1. The van der Waals surface area contributed by atoms with Crippen LogP contribution in [0.25, 0.3) is 0 Å². The lowest BCUT2D eigenvalue weighted by Crippen LogP contribution is -2.25. The fourth-order valence-corrected chi connectivity index (χ4v) is 4.03. The summed E-state index contributed by atoms with van der Waals surface area (Å²) in [7, 11) is -3.30. The molecule has 0 amide bonds. The maximum Gasteiger partial charge on any atom is 0.250 e. The second kappa shape index (κ2) is 5.09. The van der Waals surface area contributed by atoms with E-state index in [0.29, 0.717) is 10.8 Å². The van der Waals surface area contributed by atoms with Crippen molar-refractivity contribution in [3.8, 4) is 0 Å². The van der Waals surface area contributed by atoms with Crippen LogP contribution in [-0.4, -0.2) is 15.0 Å². The van der Waals surface area contributed by atoms with Crippen molar-refractivity contribution < 1.29 is 8.42 Å². The first-order valence-electron chi connectivity index (χ1n) is 4.74. The SMILES string of the molecule is O=S(=O)(NCCc1cccs1)c1cccs1. The molecule has 0 saturated carbocycles. The molecule has 1 N–H and O–H groups in total. The normalized spacial score (nSPS) is 11.8. The summed E-state index contributed by atoms with van der Waals surface area (Å²) in [4.78, 5) is 1.19. The van der Waals surface area contributed by atoms with Gasteiger partial charge in [-0.05, 0) is 29.3 Å². The Morgan fingerprint density at radius 1 is 1.12 bits per heavy atom. The fourth-order valence-electron chi connectivity index (χ4n) is 1.25. The first kappa shape index (κ1) is 11.8. The highest BCUT2D eigenvalue weighted by molar-refractivity contribution is 7.91. The van der Waals surface area contributed by atoms with Gasteiger partial charge in [0.25, 0.3) is 0 Å². The molecule has 0 atom stereocenters. The number of nitrogens with one attached hydrogen (secondary N) is 1. The minimum atomic E-state index is -3.30. The predicted octanol–water partition coefficient (Wildman–Crippen LogP) is 2.33. The molecule has 2 aromatic heterocycles. The van der Waals surface area contributed by atoms with Gasteiger partial charge in [-0.3, -0.25) is 0 Å². The highest BCUT2D eigenvalue weighted by atomic mass is 32.2. The zero-order valence-electron chi connectivity index (χ0n) is 8.42. The van der Waals surface area contributed by atoms with E-state index in [4.69, 9.17) is 0 Å². The van der Waals surface area contributed by atoms with Crippen LogP contribution in [0, 0.1) is 0 Å². The molecular weight excluding hydrogens is 262 g/mol. The molecule has 2 heterocycles. The Morgan fingerprint density at radius 2 is 1.88 bits per heavy atom. The monoisotopic (exact) mass is 273 g/mol. The summed E-state index contributed by atoms with van der Waals surface area (Å²) >= 11 is 2.87. The van der Waals surface area contributed by atoms with E-state index in [-0.39, 0.29) is 0 Å². The van der Waals surface area contributed by atoms with E-state index in [0.717, 1.165) is 6.42 Å². The second-order valence-corrected chi connectivity index (χ2v) is 7.13. The molecule has 0 unspecified atom stereocenters. The van der Waals surface area contributed by atoms with Crippen molar-refractivity contribution in [3.63, 3.8) is 0 Å². The van der Waals surface area contributed by atoms with Crippen LogP contribution in [0.3, 0.4) is 0 Å². The first-order chi connectivity index (χ1) is 7.68. The van der Waals surface area contributed by atoms with Crippen LogP contribution in [0.2, 0.25) is 0 Å². The molecule has 2 aromatic rings. The standard InChI is InChI=1S/C10H11NO2S3/c12-16(13,10-4-2-8-15-10)11-6-5-9-3-1-7-14-9/h1-4,7-8,11H,5-6H2. The molecule has 16 heavy (non-hydrogen) atoms. The van der Waals surface area contributed by atoms with Crippen LogP contribution < -0.4 is 4.72 Å². The third-order valence-electron chi connectivity index (χ3n) is 2.00. The van der Waals surface area contributed by atoms with Gasteiger partial charge in [0.05, 0.1) is 0 Å². The van der Waals surface area contributed by atoms with Crippen molar-refractivity contribution in [1.82, 2.24) is 4.72 Å². The topological polar surface area (TPSA) is 46.2 Å². The van der Waals surface area contributed by atoms with E-state index in [1.165, 1.54) is 16.2 Å². The third-order valence-corrected chi connectivity index (χ3v) is 5.80. The number of hydrogen-bond donors (Lipinski definition) is 1. The van der Waals surface area contributed by atoms with E-state index in [9.17, 15) is 8.42 Å².